The largest absolute Gasteiger partial charge is 0.493 e. The van der Waals surface area contributed by atoms with Gasteiger partial charge < -0.3 is 13.9 Å². The fraction of sp³-hybridized carbons (Fsp3) is 0.194. The van der Waals surface area contributed by atoms with Gasteiger partial charge in [0.15, 0.2) is 16.7 Å². The summed E-state index contributed by atoms with van der Waals surface area (Å²) in [5, 5.41) is 9.02. The Labute approximate surface area is 232 Å². The van der Waals surface area contributed by atoms with Gasteiger partial charge in [0.1, 0.15) is 12.4 Å². The van der Waals surface area contributed by atoms with Crippen molar-refractivity contribution in [1.82, 2.24) is 4.90 Å². The van der Waals surface area contributed by atoms with Gasteiger partial charge in [-0.15, -0.1) is 5.10 Å². The molecule has 1 aromatic heterocycles. The highest BCUT2D eigenvalue weighted by Gasteiger charge is 2.38. The minimum Gasteiger partial charge on any atom is -0.493 e. The van der Waals surface area contributed by atoms with E-state index < -0.39 is 0 Å². The first-order valence-electron chi connectivity index (χ1n) is 12.6. The number of methoxy groups -OCH3 is 1. The van der Waals surface area contributed by atoms with Crippen LogP contribution in [0.25, 0.3) is 0 Å². The van der Waals surface area contributed by atoms with Crippen molar-refractivity contribution in [3.05, 3.63) is 119 Å². The van der Waals surface area contributed by atoms with Crippen LogP contribution in [0.3, 0.4) is 0 Å². The van der Waals surface area contributed by atoms with Crippen LogP contribution in [-0.4, -0.2) is 34.5 Å². The van der Waals surface area contributed by atoms with Crippen molar-refractivity contribution in [3.63, 3.8) is 0 Å². The minimum absolute atomic E-state index is 0.00445. The first-order valence-corrected chi connectivity index (χ1v) is 13.5. The van der Waals surface area contributed by atoms with Crippen LogP contribution in [0.2, 0.25) is 0 Å². The molecule has 8 heteroatoms. The molecule has 0 aliphatic carbocycles. The lowest BCUT2D eigenvalue weighted by Crippen LogP contribution is -2.32. The first kappa shape index (κ1) is 26.3. The zero-order valence-electron chi connectivity index (χ0n) is 21.8. The molecule has 1 atom stereocenters. The molecule has 1 aliphatic heterocycles. The van der Waals surface area contributed by atoms with Crippen LogP contribution >= 0.6 is 11.8 Å². The van der Waals surface area contributed by atoms with E-state index in [1.54, 1.807) is 24.5 Å². The van der Waals surface area contributed by atoms with E-state index in [9.17, 15) is 4.79 Å². The van der Waals surface area contributed by atoms with Gasteiger partial charge >= 0.3 is 0 Å². The molecule has 0 N–H and O–H groups in total. The van der Waals surface area contributed by atoms with Gasteiger partial charge in [-0.25, -0.2) is 0 Å². The molecule has 5 rings (SSSR count). The van der Waals surface area contributed by atoms with Crippen molar-refractivity contribution in [2.75, 3.05) is 7.11 Å². The van der Waals surface area contributed by atoms with E-state index >= 15 is 0 Å². The number of hydrogen-bond acceptors (Lipinski definition) is 7. The number of benzene rings is 3. The summed E-state index contributed by atoms with van der Waals surface area (Å²) in [5.41, 5.74) is 4.18. The second kappa shape index (κ2) is 12.5. The van der Waals surface area contributed by atoms with Crippen molar-refractivity contribution in [3.8, 4) is 11.5 Å². The SMILES string of the molecule is COc1cc(C=NN=C2SC(Cc3ccccc3C)C(=O)N2Cc2ccco2)ccc1OCc1ccccc1. The van der Waals surface area contributed by atoms with E-state index in [1.165, 1.54) is 11.8 Å². The highest BCUT2D eigenvalue weighted by molar-refractivity contribution is 8.15. The summed E-state index contributed by atoms with van der Waals surface area (Å²) >= 11 is 1.43. The number of rotatable bonds is 10. The van der Waals surface area contributed by atoms with Gasteiger partial charge in [-0.1, -0.05) is 66.4 Å². The molecule has 0 bridgehead atoms. The molecule has 1 fully saturated rings. The molecular weight excluding hydrogens is 510 g/mol. The van der Waals surface area contributed by atoms with Crippen molar-refractivity contribution in [2.45, 2.75) is 31.7 Å². The van der Waals surface area contributed by atoms with Gasteiger partial charge in [0.25, 0.3) is 0 Å². The van der Waals surface area contributed by atoms with Crippen molar-refractivity contribution in [1.29, 1.82) is 0 Å². The van der Waals surface area contributed by atoms with E-state index in [-0.39, 0.29) is 11.2 Å². The molecule has 0 spiro atoms. The Balaban J connectivity index is 1.32. The highest BCUT2D eigenvalue weighted by Crippen LogP contribution is 2.32. The van der Waals surface area contributed by atoms with Crippen LogP contribution in [0.15, 0.2) is 106 Å². The molecule has 0 radical (unpaired) electrons. The van der Waals surface area contributed by atoms with Gasteiger partial charge in [-0.05, 0) is 65.9 Å². The predicted octanol–water partition coefficient (Wildman–Crippen LogP) is 6.25. The molecule has 1 unspecified atom stereocenters. The summed E-state index contributed by atoms with van der Waals surface area (Å²) in [7, 11) is 1.60. The lowest BCUT2D eigenvalue weighted by atomic mass is 10.0. The Hall–Kier alpha value is -4.30. The van der Waals surface area contributed by atoms with Crippen LogP contribution in [0.4, 0.5) is 0 Å². The number of ether oxygens (including phenoxy) is 2. The Bertz CT molecular complexity index is 1470. The van der Waals surface area contributed by atoms with Gasteiger partial charge in [0.05, 0.1) is 31.4 Å². The molecular formula is C31H29N3O4S. The van der Waals surface area contributed by atoms with E-state index in [4.69, 9.17) is 13.9 Å². The number of carbonyl (C=O) groups excluding carboxylic acids is 1. The molecule has 3 aromatic carbocycles. The summed E-state index contributed by atoms with van der Waals surface area (Å²) in [5.74, 6) is 1.93. The highest BCUT2D eigenvalue weighted by atomic mass is 32.2. The number of carbonyl (C=O) groups is 1. The number of thioether (sulfide) groups is 1. The van der Waals surface area contributed by atoms with Gasteiger partial charge in [0.2, 0.25) is 5.91 Å². The average Bonchev–Trinajstić information content (AvgIpc) is 3.58. The fourth-order valence-electron chi connectivity index (χ4n) is 4.22. The van der Waals surface area contributed by atoms with Gasteiger partial charge in [-0.2, -0.15) is 5.10 Å². The third-order valence-electron chi connectivity index (χ3n) is 6.36. The van der Waals surface area contributed by atoms with Gasteiger partial charge in [0, 0.05) is 0 Å². The Kier molecular flexibility index (Phi) is 8.43. The molecule has 2 heterocycles. The molecule has 39 heavy (non-hydrogen) atoms. The monoisotopic (exact) mass is 539 g/mol. The third-order valence-corrected chi connectivity index (χ3v) is 7.52. The Morgan fingerprint density at radius 3 is 2.59 bits per heavy atom. The van der Waals surface area contributed by atoms with Crippen LogP contribution in [0, 0.1) is 6.92 Å². The Morgan fingerprint density at radius 2 is 1.82 bits per heavy atom. The molecule has 1 amide bonds. The maximum atomic E-state index is 13.4. The zero-order valence-corrected chi connectivity index (χ0v) is 22.6. The first-order chi connectivity index (χ1) is 19.1. The van der Waals surface area contributed by atoms with Crippen molar-refractivity contribution in [2.24, 2.45) is 10.2 Å². The van der Waals surface area contributed by atoms with Crippen LogP contribution in [0.5, 0.6) is 11.5 Å². The summed E-state index contributed by atoms with van der Waals surface area (Å²) in [6, 6.07) is 27.3. The van der Waals surface area contributed by atoms with E-state index in [2.05, 4.69) is 29.3 Å². The number of aryl methyl sites for hydroxylation is 1. The lowest BCUT2D eigenvalue weighted by molar-refractivity contribution is -0.126. The number of furan rings is 1. The number of nitrogens with zero attached hydrogens (tertiary/aromatic N) is 3. The number of hydrogen-bond donors (Lipinski definition) is 0. The number of amidine groups is 1. The number of amides is 1. The molecule has 7 nitrogen and oxygen atoms in total. The summed E-state index contributed by atoms with van der Waals surface area (Å²) in [4.78, 5) is 15.0. The second-order valence-electron chi connectivity index (χ2n) is 9.05. The van der Waals surface area contributed by atoms with E-state index in [0.29, 0.717) is 42.0 Å². The average molecular weight is 540 g/mol. The fourth-order valence-corrected chi connectivity index (χ4v) is 5.34. The lowest BCUT2D eigenvalue weighted by Gasteiger charge is -2.14. The smallest absolute Gasteiger partial charge is 0.242 e. The maximum absolute atomic E-state index is 13.4. The molecule has 1 saturated heterocycles. The predicted molar refractivity (Wildman–Crippen MR) is 154 cm³/mol. The van der Waals surface area contributed by atoms with Crippen LogP contribution in [0.1, 0.15) is 28.0 Å². The molecule has 0 saturated carbocycles. The topological polar surface area (TPSA) is 76.6 Å². The van der Waals surface area contributed by atoms with Gasteiger partial charge in [-0.3, -0.25) is 9.69 Å². The summed E-state index contributed by atoms with van der Waals surface area (Å²) < 4.78 is 17.0. The van der Waals surface area contributed by atoms with E-state index in [0.717, 1.165) is 22.3 Å². The third kappa shape index (κ3) is 6.59. The summed E-state index contributed by atoms with van der Waals surface area (Å²) in [6.07, 6.45) is 3.86. The van der Waals surface area contributed by atoms with Crippen LogP contribution < -0.4 is 9.47 Å². The second-order valence-corrected chi connectivity index (χ2v) is 10.2. The standard InChI is InChI=1S/C31H29N3O4S/c1-22-9-6-7-12-25(22)18-29-30(35)34(20-26-13-8-16-37-26)31(39-29)33-32-19-24-14-15-27(28(17-24)36-2)38-21-23-10-4-3-5-11-23/h3-17,19,29H,18,20-21H2,1-2H3. The molecule has 4 aromatic rings. The van der Waals surface area contributed by atoms with E-state index in [1.807, 2.05) is 72.8 Å². The molecule has 1 aliphatic rings. The van der Waals surface area contributed by atoms with Crippen molar-refractivity contribution >= 4 is 29.1 Å². The quantitative estimate of drug-likeness (QED) is 0.176. The Morgan fingerprint density at radius 1 is 1.00 bits per heavy atom. The van der Waals surface area contributed by atoms with Crippen LogP contribution in [-0.2, 0) is 24.4 Å². The maximum Gasteiger partial charge on any atom is 0.242 e. The zero-order chi connectivity index (χ0) is 27.0. The normalized spacial score (nSPS) is 16.4. The molecule has 198 valence electrons. The van der Waals surface area contributed by atoms with Crippen molar-refractivity contribution < 1.29 is 18.7 Å². The summed E-state index contributed by atoms with van der Waals surface area (Å²) in [6.45, 7) is 2.81. The minimum atomic E-state index is -0.281.